The van der Waals surface area contributed by atoms with Gasteiger partial charge in [-0.25, -0.2) is 4.79 Å². The average Bonchev–Trinajstić information content (AvgIpc) is 2.90. The fourth-order valence-electron chi connectivity index (χ4n) is 3.31. The summed E-state index contributed by atoms with van der Waals surface area (Å²) in [5, 5.41) is 18.0. The van der Waals surface area contributed by atoms with E-state index in [1.165, 1.54) is 0 Å². The molecule has 2 N–H and O–H groups in total. The van der Waals surface area contributed by atoms with Crippen molar-refractivity contribution in [3.05, 3.63) is 54.1 Å². The van der Waals surface area contributed by atoms with Gasteiger partial charge in [0.15, 0.2) is 6.04 Å². The van der Waals surface area contributed by atoms with Gasteiger partial charge in [0.2, 0.25) is 0 Å². The highest BCUT2D eigenvalue weighted by Crippen LogP contribution is 2.40. The number of fused-ring (bicyclic) bond motifs is 4. The number of carbonyl (C=O) groups excluding carboxylic acids is 1. The Balaban J connectivity index is 1.88. The summed E-state index contributed by atoms with van der Waals surface area (Å²) in [5.41, 5.74) is 1.56. The van der Waals surface area contributed by atoms with E-state index in [1.54, 1.807) is 6.92 Å². The summed E-state index contributed by atoms with van der Waals surface area (Å²) in [6, 6.07) is 15.5. The second-order valence-electron chi connectivity index (χ2n) is 5.77. The van der Waals surface area contributed by atoms with Crippen molar-refractivity contribution in [3.63, 3.8) is 0 Å². The van der Waals surface area contributed by atoms with E-state index < -0.39 is 18.1 Å². The highest BCUT2D eigenvalue weighted by atomic mass is 16.5. The van der Waals surface area contributed by atoms with Crippen molar-refractivity contribution in [2.45, 2.75) is 19.1 Å². The van der Waals surface area contributed by atoms with Crippen molar-refractivity contribution in [2.75, 3.05) is 11.9 Å². The van der Waals surface area contributed by atoms with Crippen LogP contribution in [-0.4, -0.2) is 23.7 Å². The number of nitrogens with one attached hydrogen (secondary N) is 1. The van der Waals surface area contributed by atoms with Crippen molar-refractivity contribution >= 4 is 33.2 Å². The first-order chi connectivity index (χ1) is 11.2. The number of aliphatic hydroxyl groups is 1. The van der Waals surface area contributed by atoms with Crippen LogP contribution in [0.4, 0.5) is 5.69 Å². The fourth-order valence-corrected chi connectivity index (χ4v) is 3.31. The molecule has 3 aromatic rings. The lowest BCUT2D eigenvalue weighted by atomic mass is 9.96. The molecule has 0 fully saturated rings. The van der Waals surface area contributed by atoms with Gasteiger partial charge in [-0.1, -0.05) is 30.3 Å². The number of carbonyl (C=O) groups is 1. The molecule has 2 atom stereocenters. The van der Waals surface area contributed by atoms with Crippen LogP contribution in [0.1, 0.15) is 18.6 Å². The third-order valence-corrected chi connectivity index (χ3v) is 4.39. The molecule has 2 unspecified atom stereocenters. The maximum atomic E-state index is 12.0. The number of benzene rings is 3. The molecule has 3 aromatic carbocycles. The number of esters is 1. The van der Waals surface area contributed by atoms with Gasteiger partial charge < -0.3 is 15.2 Å². The van der Waals surface area contributed by atoms with E-state index in [1.807, 2.05) is 30.3 Å². The second-order valence-corrected chi connectivity index (χ2v) is 5.77. The molecule has 0 spiro atoms. The molecular weight excluding hydrogens is 290 g/mol. The minimum absolute atomic E-state index is 0.297. The Kier molecular flexibility index (Phi) is 3.20. The van der Waals surface area contributed by atoms with Gasteiger partial charge in [-0.3, -0.25) is 0 Å². The van der Waals surface area contributed by atoms with Gasteiger partial charge in [-0.2, -0.15) is 0 Å². The zero-order chi connectivity index (χ0) is 16.0. The van der Waals surface area contributed by atoms with Gasteiger partial charge >= 0.3 is 5.97 Å². The molecule has 0 saturated carbocycles. The molecule has 0 bridgehead atoms. The summed E-state index contributed by atoms with van der Waals surface area (Å²) in [7, 11) is 0. The quantitative estimate of drug-likeness (QED) is 0.563. The molecule has 4 rings (SSSR count). The summed E-state index contributed by atoms with van der Waals surface area (Å²) < 4.78 is 5.05. The van der Waals surface area contributed by atoms with Crippen LogP contribution in [0.3, 0.4) is 0 Å². The van der Waals surface area contributed by atoms with Gasteiger partial charge in [0, 0.05) is 11.3 Å². The fraction of sp³-hybridized carbons (Fsp3) is 0.211. The van der Waals surface area contributed by atoms with Crippen LogP contribution in [0.25, 0.3) is 21.5 Å². The lowest BCUT2D eigenvalue weighted by molar-refractivity contribution is -0.146. The molecular formula is C19H17NO3. The average molecular weight is 307 g/mol. The van der Waals surface area contributed by atoms with Gasteiger partial charge in [0.1, 0.15) is 6.10 Å². The second kappa shape index (κ2) is 5.25. The van der Waals surface area contributed by atoms with Gasteiger partial charge in [-0.15, -0.1) is 0 Å². The standard InChI is InChI=1S/C19H17NO3/c1-2-23-19(22)17-18(21)16-14-10-12-6-4-3-5-11(12)9-13(14)7-8-15(16)20-17/h3-10,17-18,20-21H,2H2,1H3. The van der Waals surface area contributed by atoms with Gasteiger partial charge in [0.25, 0.3) is 0 Å². The third kappa shape index (κ3) is 2.14. The van der Waals surface area contributed by atoms with Crippen LogP contribution in [0.5, 0.6) is 0 Å². The number of hydrogen-bond donors (Lipinski definition) is 2. The molecule has 0 amide bonds. The molecule has 0 aromatic heterocycles. The third-order valence-electron chi connectivity index (χ3n) is 4.39. The van der Waals surface area contributed by atoms with E-state index in [9.17, 15) is 9.90 Å². The molecule has 0 aliphatic carbocycles. The molecule has 4 nitrogen and oxygen atoms in total. The topological polar surface area (TPSA) is 58.6 Å². The lowest BCUT2D eigenvalue weighted by Crippen LogP contribution is -2.32. The molecule has 4 heteroatoms. The Hall–Kier alpha value is -2.59. The Labute approximate surface area is 133 Å². The van der Waals surface area contributed by atoms with Crippen molar-refractivity contribution in [2.24, 2.45) is 0 Å². The normalized spacial score (nSPS) is 19.6. The predicted octanol–water partition coefficient (Wildman–Crippen LogP) is 3.38. The molecule has 0 radical (unpaired) electrons. The number of aliphatic hydroxyl groups excluding tert-OH is 1. The van der Waals surface area contributed by atoms with Crippen LogP contribution in [0.15, 0.2) is 48.5 Å². The van der Waals surface area contributed by atoms with E-state index in [-0.39, 0.29) is 0 Å². The Morgan fingerprint density at radius 3 is 2.61 bits per heavy atom. The molecule has 0 saturated heterocycles. The van der Waals surface area contributed by atoms with E-state index in [4.69, 9.17) is 4.74 Å². The van der Waals surface area contributed by atoms with Gasteiger partial charge in [0.05, 0.1) is 6.61 Å². The molecule has 23 heavy (non-hydrogen) atoms. The van der Waals surface area contributed by atoms with Gasteiger partial charge in [-0.05, 0) is 46.7 Å². The largest absolute Gasteiger partial charge is 0.464 e. The number of ether oxygens (including phenoxy) is 1. The molecule has 116 valence electrons. The van der Waals surface area contributed by atoms with E-state index in [0.29, 0.717) is 6.61 Å². The van der Waals surface area contributed by atoms with Crippen LogP contribution in [0, 0.1) is 0 Å². The van der Waals surface area contributed by atoms with Crippen molar-refractivity contribution in [3.8, 4) is 0 Å². The number of hydrogen-bond acceptors (Lipinski definition) is 4. The first-order valence-electron chi connectivity index (χ1n) is 7.75. The van der Waals surface area contributed by atoms with Crippen LogP contribution >= 0.6 is 0 Å². The molecule has 1 aliphatic rings. The smallest absolute Gasteiger partial charge is 0.331 e. The first-order valence-corrected chi connectivity index (χ1v) is 7.75. The summed E-state index contributed by atoms with van der Waals surface area (Å²) in [4.78, 5) is 12.0. The predicted molar refractivity (Wildman–Crippen MR) is 90.5 cm³/mol. The maximum Gasteiger partial charge on any atom is 0.331 e. The summed E-state index contributed by atoms with van der Waals surface area (Å²) in [6.45, 7) is 2.05. The maximum absolute atomic E-state index is 12.0. The minimum atomic E-state index is -0.908. The highest BCUT2D eigenvalue weighted by molar-refractivity contribution is 6.03. The zero-order valence-corrected chi connectivity index (χ0v) is 12.7. The Morgan fingerprint density at radius 1 is 1.13 bits per heavy atom. The number of anilines is 1. The van der Waals surface area contributed by atoms with Crippen LogP contribution < -0.4 is 5.32 Å². The zero-order valence-electron chi connectivity index (χ0n) is 12.7. The van der Waals surface area contributed by atoms with Crippen LogP contribution in [-0.2, 0) is 9.53 Å². The summed E-state index contributed by atoms with van der Waals surface area (Å²) >= 11 is 0. The van der Waals surface area contributed by atoms with E-state index in [2.05, 4.69) is 23.5 Å². The lowest BCUT2D eigenvalue weighted by Gasteiger charge is -2.14. The summed E-state index contributed by atoms with van der Waals surface area (Å²) in [5.74, 6) is -0.426. The van der Waals surface area contributed by atoms with Crippen molar-refractivity contribution in [1.29, 1.82) is 0 Å². The minimum Gasteiger partial charge on any atom is -0.464 e. The van der Waals surface area contributed by atoms with Crippen molar-refractivity contribution in [1.82, 2.24) is 0 Å². The molecule has 1 aliphatic heterocycles. The Morgan fingerprint density at radius 2 is 1.87 bits per heavy atom. The van der Waals surface area contributed by atoms with Crippen molar-refractivity contribution < 1.29 is 14.6 Å². The molecule has 1 heterocycles. The number of rotatable bonds is 2. The monoisotopic (exact) mass is 307 g/mol. The highest BCUT2D eigenvalue weighted by Gasteiger charge is 2.37. The Bertz CT molecular complexity index is 919. The summed E-state index contributed by atoms with van der Waals surface area (Å²) in [6.07, 6.45) is -0.908. The SMILES string of the molecule is CCOC(=O)C1Nc2ccc3cc4ccccc4cc3c2C1O. The van der Waals surface area contributed by atoms with Crippen LogP contribution in [0.2, 0.25) is 0 Å². The van der Waals surface area contributed by atoms with E-state index >= 15 is 0 Å². The van der Waals surface area contributed by atoms with E-state index in [0.717, 1.165) is 32.8 Å². The first kappa shape index (κ1) is 14.0.